The van der Waals surface area contributed by atoms with Crippen LogP contribution in [0.25, 0.3) is 0 Å². The summed E-state index contributed by atoms with van der Waals surface area (Å²) < 4.78 is 5.21. The molecule has 10 heteroatoms. The van der Waals surface area contributed by atoms with Crippen LogP contribution in [0, 0.1) is 11.8 Å². The molecule has 2 amide bonds. The van der Waals surface area contributed by atoms with E-state index >= 15 is 0 Å². The number of carbonyl (C=O) groups excluding carboxylic acids is 4. The fourth-order valence-electron chi connectivity index (χ4n) is 4.90. The van der Waals surface area contributed by atoms with Crippen LogP contribution in [-0.2, 0) is 14.4 Å². The van der Waals surface area contributed by atoms with Crippen LogP contribution >= 0.6 is 11.8 Å². The molecule has 1 aliphatic carbocycles. The van der Waals surface area contributed by atoms with Crippen molar-refractivity contribution in [2.75, 3.05) is 5.75 Å². The number of Topliss-reactive ketones (excluding diaryl/α,β-unsaturated/α-hetero) is 1. The Morgan fingerprint density at radius 2 is 1.83 bits per heavy atom. The van der Waals surface area contributed by atoms with Crippen molar-refractivity contribution in [2.45, 2.75) is 82.3 Å². The molecule has 6 N–H and O–H groups in total. The maximum absolute atomic E-state index is 12.7. The molecule has 1 saturated heterocycles. The minimum absolute atomic E-state index is 0.00188. The Bertz CT molecular complexity index is 919. The molecule has 198 valence electrons. The molecule has 9 nitrogen and oxygen atoms in total. The molecule has 4 atom stereocenters. The minimum Gasteiger partial charge on any atom is -0.425 e. The van der Waals surface area contributed by atoms with Crippen molar-refractivity contribution >= 4 is 35.3 Å². The molecule has 1 aliphatic heterocycles. The SMILES string of the molecule is CCC1C(=O)NC(SCC(=O)c2ccc(OC(=O)C(N)CCC(N)=O)cc2)NC1CC1CCCCC1. The molecular formula is C26H38N4O5S. The molecule has 0 bridgehead atoms. The topological polar surface area (TPSA) is 154 Å². The molecule has 1 heterocycles. The van der Waals surface area contributed by atoms with E-state index in [1.54, 1.807) is 12.1 Å². The number of carbonyl (C=O) groups is 4. The second kappa shape index (κ2) is 13.8. The summed E-state index contributed by atoms with van der Waals surface area (Å²) in [4.78, 5) is 48.3. The summed E-state index contributed by atoms with van der Waals surface area (Å²) in [6, 6.07) is 5.41. The van der Waals surface area contributed by atoms with Crippen LogP contribution < -0.4 is 26.8 Å². The van der Waals surface area contributed by atoms with Gasteiger partial charge in [0.1, 0.15) is 17.3 Å². The van der Waals surface area contributed by atoms with Gasteiger partial charge in [0.2, 0.25) is 11.8 Å². The van der Waals surface area contributed by atoms with Gasteiger partial charge in [-0.3, -0.25) is 19.7 Å². The first-order valence-electron chi connectivity index (χ1n) is 12.8. The highest BCUT2D eigenvalue weighted by Crippen LogP contribution is 2.31. The van der Waals surface area contributed by atoms with Crippen molar-refractivity contribution in [3.8, 4) is 5.75 Å². The lowest BCUT2D eigenvalue weighted by Gasteiger charge is -2.39. The van der Waals surface area contributed by atoms with Gasteiger partial charge in [0, 0.05) is 18.0 Å². The highest BCUT2D eigenvalue weighted by Gasteiger charge is 2.36. The number of ether oxygens (including phenoxy) is 1. The number of amides is 2. The lowest BCUT2D eigenvalue weighted by molar-refractivity contribution is -0.136. The van der Waals surface area contributed by atoms with Crippen molar-refractivity contribution < 1.29 is 23.9 Å². The first-order chi connectivity index (χ1) is 17.3. The molecule has 0 aromatic heterocycles. The highest BCUT2D eigenvalue weighted by molar-refractivity contribution is 8.00. The summed E-state index contributed by atoms with van der Waals surface area (Å²) in [5.41, 5.74) is 11.0. The summed E-state index contributed by atoms with van der Waals surface area (Å²) in [7, 11) is 0. The summed E-state index contributed by atoms with van der Waals surface area (Å²) in [5, 5.41) is 6.59. The molecule has 4 unspecified atom stereocenters. The third kappa shape index (κ3) is 8.31. The molecule has 1 aromatic rings. The third-order valence-corrected chi connectivity index (χ3v) is 8.01. The van der Waals surface area contributed by atoms with Crippen LogP contribution in [0.15, 0.2) is 24.3 Å². The van der Waals surface area contributed by atoms with Gasteiger partial charge in [0.25, 0.3) is 0 Å². The van der Waals surface area contributed by atoms with Crippen molar-refractivity contribution in [3.05, 3.63) is 29.8 Å². The average molecular weight is 519 g/mol. The van der Waals surface area contributed by atoms with Gasteiger partial charge in [-0.05, 0) is 49.4 Å². The molecule has 1 saturated carbocycles. The predicted octanol–water partition coefficient (Wildman–Crippen LogP) is 2.47. The molecule has 0 radical (unpaired) electrons. The number of hydrogen-bond acceptors (Lipinski definition) is 8. The lowest BCUT2D eigenvalue weighted by Crippen LogP contribution is -2.60. The van der Waals surface area contributed by atoms with Crippen molar-refractivity contribution in [2.24, 2.45) is 23.3 Å². The maximum Gasteiger partial charge on any atom is 0.328 e. The number of rotatable bonds is 12. The standard InChI is InChI=1S/C26H38N4O5S/c1-2-19-21(14-16-6-4-3-5-7-16)29-26(30-24(19)33)36-15-22(31)17-8-10-18(11-9-17)35-25(34)20(27)12-13-23(28)32/h8-11,16,19-21,26,29H,2-7,12-15,27H2,1H3,(H2,28,32)(H,30,33). The molecule has 3 rings (SSSR count). The number of esters is 1. The number of ketones is 1. The van der Waals surface area contributed by atoms with Crippen molar-refractivity contribution in [1.29, 1.82) is 0 Å². The quantitative estimate of drug-likeness (QED) is 0.187. The molecule has 36 heavy (non-hydrogen) atoms. The van der Waals surface area contributed by atoms with Crippen LogP contribution in [-0.4, -0.2) is 46.9 Å². The predicted molar refractivity (Wildman–Crippen MR) is 139 cm³/mol. The van der Waals surface area contributed by atoms with Gasteiger partial charge in [-0.15, -0.1) is 11.8 Å². The summed E-state index contributed by atoms with van der Waals surface area (Å²) in [6.07, 6.45) is 8.21. The maximum atomic E-state index is 12.7. The molecular weight excluding hydrogens is 480 g/mol. The number of hydrogen-bond donors (Lipinski definition) is 4. The second-order valence-corrected chi connectivity index (χ2v) is 10.8. The van der Waals surface area contributed by atoms with Crippen LogP contribution in [0.1, 0.15) is 75.1 Å². The van der Waals surface area contributed by atoms with Crippen molar-refractivity contribution in [1.82, 2.24) is 10.6 Å². The zero-order valence-corrected chi connectivity index (χ0v) is 21.7. The van der Waals surface area contributed by atoms with E-state index in [-0.39, 0.29) is 53.5 Å². The number of primary amides is 1. The second-order valence-electron chi connectivity index (χ2n) is 9.71. The van der Waals surface area contributed by atoms with Crippen LogP contribution in [0.2, 0.25) is 0 Å². The van der Waals surface area contributed by atoms with Crippen LogP contribution in [0.5, 0.6) is 5.75 Å². The Morgan fingerprint density at radius 3 is 2.47 bits per heavy atom. The first kappa shape index (κ1) is 28.1. The van der Waals surface area contributed by atoms with E-state index in [0.29, 0.717) is 11.5 Å². The van der Waals surface area contributed by atoms with Gasteiger partial charge in [-0.25, -0.2) is 4.79 Å². The van der Waals surface area contributed by atoms with E-state index < -0.39 is 17.9 Å². The van der Waals surface area contributed by atoms with Gasteiger partial charge < -0.3 is 21.5 Å². The zero-order chi connectivity index (χ0) is 26.1. The zero-order valence-electron chi connectivity index (χ0n) is 20.9. The van der Waals surface area contributed by atoms with E-state index in [1.165, 1.54) is 56.0 Å². The van der Waals surface area contributed by atoms with Gasteiger partial charge >= 0.3 is 5.97 Å². The average Bonchev–Trinajstić information content (AvgIpc) is 2.86. The van der Waals surface area contributed by atoms with E-state index in [0.717, 1.165) is 12.8 Å². The smallest absolute Gasteiger partial charge is 0.328 e. The fraction of sp³-hybridized carbons (Fsp3) is 0.615. The van der Waals surface area contributed by atoms with E-state index in [1.807, 2.05) is 6.92 Å². The normalized spacial score (nSPS) is 23.5. The monoisotopic (exact) mass is 518 g/mol. The Kier molecular flexibility index (Phi) is 10.8. The Hall–Kier alpha value is -2.43. The minimum atomic E-state index is -0.956. The van der Waals surface area contributed by atoms with Gasteiger partial charge in [0.05, 0.1) is 11.7 Å². The number of nitrogens with two attached hydrogens (primary N) is 2. The number of thioether (sulfide) groups is 1. The van der Waals surface area contributed by atoms with Gasteiger partial charge in [0.15, 0.2) is 5.78 Å². The summed E-state index contributed by atoms with van der Waals surface area (Å²) >= 11 is 1.38. The van der Waals surface area contributed by atoms with Crippen LogP contribution in [0.3, 0.4) is 0 Å². The largest absolute Gasteiger partial charge is 0.425 e. The molecule has 2 fully saturated rings. The molecule has 2 aliphatic rings. The number of benzene rings is 1. The Morgan fingerprint density at radius 1 is 1.14 bits per heavy atom. The van der Waals surface area contributed by atoms with E-state index in [4.69, 9.17) is 16.2 Å². The van der Waals surface area contributed by atoms with Gasteiger partial charge in [-0.1, -0.05) is 39.0 Å². The molecule has 0 spiro atoms. The summed E-state index contributed by atoms with van der Waals surface area (Å²) in [5.74, 6) is -0.161. The Balaban J connectivity index is 1.49. The highest BCUT2D eigenvalue weighted by atomic mass is 32.2. The summed E-state index contributed by atoms with van der Waals surface area (Å²) in [6.45, 7) is 2.05. The first-order valence-corrected chi connectivity index (χ1v) is 13.9. The third-order valence-electron chi connectivity index (χ3n) is 6.99. The fourth-order valence-corrected chi connectivity index (χ4v) is 5.86. The lowest BCUT2D eigenvalue weighted by atomic mass is 9.80. The van der Waals surface area contributed by atoms with E-state index in [2.05, 4.69) is 10.6 Å². The Labute approximate surface area is 216 Å². The van der Waals surface area contributed by atoms with E-state index in [9.17, 15) is 19.2 Å². The van der Waals surface area contributed by atoms with Gasteiger partial charge in [-0.2, -0.15) is 0 Å². The molecule has 1 aromatic carbocycles. The van der Waals surface area contributed by atoms with Crippen molar-refractivity contribution in [3.63, 3.8) is 0 Å². The number of nitrogens with one attached hydrogen (secondary N) is 2. The van der Waals surface area contributed by atoms with Crippen LogP contribution in [0.4, 0.5) is 0 Å².